The summed E-state index contributed by atoms with van der Waals surface area (Å²) in [5.74, 6) is 0.663. The van der Waals surface area contributed by atoms with Gasteiger partial charge in [-0.2, -0.15) is 0 Å². The molecule has 2 aromatic rings. The van der Waals surface area contributed by atoms with Gasteiger partial charge in [0, 0.05) is 5.69 Å². The number of pyridine rings is 1. The Balaban J connectivity index is 2.22. The van der Waals surface area contributed by atoms with E-state index in [1.807, 2.05) is 18.2 Å². The zero-order valence-electron chi connectivity index (χ0n) is 13.2. The Kier molecular flexibility index (Phi) is 4.42. The Hall–Kier alpha value is -2.08. The van der Waals surface area contributed by atoms with Crippen molar-refractivity contribution in [3.8, 4) is 0 Å². The van der Waals surface area contributed by atoms with E-state index in [2.05, 4.69) is 41.9 Å². The van der Waals surface area contributed by atoms with Gasteiger partial charge in [0.2, 0.25) is 10.0 Å². The molecule has 6 heteroatoms. The van der Waals surface area contributed by atoms with Gasteiger partial charge in [0.15, 0.2) is 0 Å². The third kappa shape index (κ3) is 4.46. The highest BCUT2D eigenvalue weighted by molar-refractivity contribution is 7.92. The first-order valence-electron chi connectivity index (χ1n) is 6.95. The number of sulfonamides is 1. The molecule has 2 rings (SSSR count). The van der Waals surface area contributed by atoms with Gasteiger partial charge >= 0.3 is 0 Å². The van der Waals surface area contributed by atoms with Crippen molar-refractivity contribution < 1.29 is 8.42 Å². The minimum atomic E-state index is -3.29. The van der Waals surface area contributed by atoms with Crippen molar-refractivity contribution in [2.45, 2.75) is 26.2 Å². The number of para-hydroxylation sites is 1. The number of anilines is 3. The summed E-state index contributed by atoms with van der Waals surface area (Å²) in [4.78, 5) is 4.24. The zero-order valence-corrected chi connectivity index (χ0v) is 14.0. The molecule has 0 unspecified atom stereocenters. The van der Waals surface area contributed by atoms with E-state index in [-0.39, 0.29) is 5.41 Å². The Morgan fingerprint density at radius 2 is 1.73 bits per heavy atom. The van der Waals surface area contributed by atoms with Gasteiger partial charge in [0.25, 0.3) is 0 Å². The van der Waals surface area contributed by atoms with Crippen LogP contribution >= 0.6 is 0 Å². The molecule has 22 heavy (non-hydrogen) atoms. The fraction of sp³-hybridized carbons (Fsp3) is 0.312. The Morgan fingerprint density at radius 3 is 2.27 bits per heavy atom. The molecule has 0 bridgehead atoms. The monoisotopic (exact) mass is 319 g/mol. The van der Waals surface area contributed by atoms with Gasteiger partial charge in [0.1, 0.15) is 5.82 Å². The maximum absolute atomic E-state index is 11.2. The summed E-state index contributed by atoms with van der Waals surface area (Å²) in [5, 5.41) is 3.28. The fourth-order valence-electron chi connectivity index (χ4n) is 2.13. The van der Waals surface area contributed by atoms with E-state index >= 15 is 0 Å². The molecule has 1 aromatic carbocycles. The number of nitrogens with zero attached hydrogens (tertiary/aromatic N) is 1. The van der Waals surface area contributed by atoms with Crippen LogP contribution in [0.15, 0.2) is 42.6 Å². The minimum Gasteiger partial charge on any atom is -0.340 e. The summed E-state index contributed by atoms with van der Waals surface area (Å²) in [6.07, 6.45) is 2.60. The molecule has 0 fully saturated rings. The molecule has 0 aliphatic carbocycles. The summed E-state index contributed by atoms with van der Waals surface area (Å²) in [6, 6.07) is 11.5. The molecule has 0 radical (unpaired) electrons. The fourth-order valence-corrected chi connectivity index (χ4v) is 2.68. The Bertz CT molecular complexity index is 748. The predicted molar refractivity (Wildman–Crippen MR) is 91.1 cm³/mol. The molecule has 1 aromatic heterocycles. The second kappa shape index (κ2) is 5.96. The number of rotatable bonds is 4. The van der Waals surface area contributed by atoms with Crippen LogP contribution in [-0.4, -0.2) is 19.7 Å². The summed E-state index contributed by atoms with van der Waals surface area (Å²) < 4.78 is 24.7. The highest BCUT2D eigenvalue weighted by atomic mass is 32.2. The summed E-state index contributed by atoms with van der Waals surface area (Å²) >= 11 is 0. The second-order valence-corrected chi connectivity index (χ2v) is 7.98. The molecule has 0 aliphatic heterocycles. The molecule has 0 amide bonds. The van der Waals surface area contributed by atoms with Crippen LogP contribution in [0.3, 0.4) is 0 Å². The molecule has 5 nitrogen and oxygen atoms in total. The lowest BCUT2D eigenvalue weighted by Crippen LogP contribution is -2.14. The van der Waals surface area contributed by atoms with Gasteiger partial charge in [-0.3, -0.25) is 4.72 Å². The lowest BCUT2D eigenvalue weighted by molar-refractivity contribution is 0.592. The van der Waals surface area contributed by atoms with E-state index in [4.69, 9.17) is 0 Å². The maximum Gasteiger partial charge on any atom is 0.229 e. The van der Waals surface area contributed by atoms with Crippen molar-refractivity contribution in [1.29, 1.82) is 0 Å². The maximum atomic E-state index is 11.2. The lowest BCUT2D eigenvalue weighted by Gasteiger charge is -2.23. The average molecular weight is 319 g/mol. The third-order valence-electron chi connectivity index (χ3n) is 3.06. The molecular weight excluding hydrogens is 298 g/mol. The normalized spacial score (nSPS) is 12.0. The van der Waals surface area contributed by atoms with Crippen molar-refractivity contribution in [1.82, 2.24) is 4.98 Å². The van der Waals surface area contributed by atoms with Gasteiger partial charge in [-0.05, 0) is 29.2 Å². The van der Waals surface area contributed by atoms with Crippen molar-refractivity contribution in [3.05, 3.63) is 48.2 Å². The van der Waals surface area contributed by atoms with Crippen molar-refractivity contribution in [2.24, 2.45) is 0 Å². The number of aromatic nitrogens is 1. The van der Waals surface area contributed by atoms with Crippen molar-refractivity contribution in [3.63, 3.8) is 0 Å². The molecule has 1 heterocycles. The first-order chi connectivity index (χ1) is 10.1. The van der Waals surface area contributed by atoms with Crippen LogP contribution in [0.5, 0.6) is 0 Å². The first-order valence-corrected chi connectivity index (χ1v) is 8.85. The summed E-state index contributed by atoms with van der Waals surface area (Å²) in [5.41, 5.74) is 2.64. The molecule has 0 atom stereocenters. The molecule has 0 saturated carbocycles. The topological polar surface area (TPSA) is 71.1 Å². The number of hydrogen-bond donors (Lipinski definition) is 2. The van der Waals surface area contributed by atoms with E-state index in [1.165, 1.54) is 11.8 Å². The average Bonchev–Trinajstić information content (AvgIpc) is 2.39. The van der Waals surface area contributed by atoms with E-state index < -0.39 is 10.0 Å². The third-order valence-corrected chi connectivity index (χ3v) is 3.67. The summed E-state index contributed by atoms with van der Waals surface area (Å²) in [6.45, 7) is 6.46. The first kappa shape index (κ1) is 16.3. The second-order valence-electron chi connectivity index (χ2n) is 6.23. The van der Waals surface area contributed by atoms with E-state index in [1.54, 1.807) is 12.1 Å². The molecular formula is C16H21N3O2S. The Labute approximate surface area is 131 Å². The van der Waals surface area contributed by atoms with Crippen LogP contribution in [0, 0.1) is 0 Å². The molecule has 0 aliphatic rings. The van der Waals surface area contributed by atoms with Gasteiger partial charge < -0.3 is 5.32 Å². The Morgan fingerprint density at radius 1 is 1.05 bits per heavy atom. The minimum absolute atomic E-state index is 0.0153. The highest BCUT2D eigenvalue weighted by Crippen LogP contribution is 2.30. The van der Waals surface area contributed by atoms with Crippen LogP contribution in [0.1, 0.15) is 26.3 Å². The van der Waals surface area contributed by atoms with E-state index in [0.717, 1.165) is 11.9 Å². The van der Waals surface area contributed by atoms with E-state index in [9.17, 15) is 8.42 Å². The molecule has 0 saturated heterocycles. The van der Waals surface area contributed by atoms with Crippen LogP contribution in [0.25, 0.3) is 0 Å². The molecule has 0 spiro atoms. The lowest BCUT2D eigenvalue weighted by atomic mass is 9.86. The van der Waals surface area contributed by atoms with Gasteiger partial charge in [-0.25, -0.2) is 13.4 Å². The highest BCUT2D eigenvalue weighted by Gasteiger charge is 2.17. The number of nitrogens with one attached hydrogen (secondary N) is 2. The van der Waals surface area contributed by atoms with Crippen LogP contribution in [0.2, 0.25) is 0 Å². The van der Waals surface area contributed by atoms with Crippen molar-refractivity contribution >= 4 is 27.2 Å². The van der Waals surface area contributed by atoms with Gasteiger partial charge in [-0.1, -0.05) is 39.0 Å². The van der Waals surface area contributed by atoms with Gasteiger partial charge in [-0.15, -0.1) is 0 Å². The molecule has 118 valence electrons. The van der Waals surface area contributed by atoms with Gasteiger partial charge in [0.05, 0.1) is 18.1 Å². The van der Waals surface area contributed by atoms with Crippen LogP contribution in [-0.2, 0) is 15.4 Å². The number of hydrogen-bond acceptors (Lipinski definition) is 4. The van der Waals surface area contributed by atoms with Crippen LogP contribution in [0.4, 0.5) is 17.2 Å². The molecule has 2 N–H and O–H groups in total. The largest absolute Gasteiger partial charge is 0.340 e. The quantitative estimate of drug-likeness (QED) is 0.905. The van der Waals surface area contributed by atoms with Crippen molar-refractivity contribution in [2.75, 3.05) is 16.3 Å². The smallest absolute Gasteiger partial charge is 0.229 e. The predicted octanol–water partition coefficient (Wildman–Crippen LogP) is 3.49. The summed E-state index contributed by atoms with van der Waals surface area (Å²) in [7, 11) is -3.29. The van der Waals surface area contributed by atoms with E-state index in [0.29, 0.717) is 11.5 Å². The SMILES string of the molecule is CC(C)(C)c1ccccc1Nc1ccc(NS(C)(=O)=O)cn1. The number of benzene rings is 1. The van der Waals surface area contributed by atoms with Crippen LogP contribution < -0.4 is 10.0 Å². The standard InChI is InChI=1S/C16H21N3O2S/c1-16(2,3)13-7-5-6-8-14(13)18-15-10-9-12(11-17-15)19-22(4,20)21/h5-11,19H,1-4H3,(H,17,18). The zero-order chi connectivity index (χ0) is 16.4.